The maximum absolute atomic E-state index is 13.2. The van der Waals surface area contributed by atoms with E-state index in [1.165, 1.54) is 11.3 Å². The quantitative estimate of drug-likeness (QED) is 0.393. The number of hydrogen-bond donors (Lipinski definition) is 1. The van der Waals surface area contributed by atoms with Crippen LogP contribution in [-0.4, -0.2) is 24.5 Å². The van der Waals surface area contributed by atoms with Gasteiger partial charge >= 0.3 is 0 Å². The summed E-state index contributed by atoms with van der Waals surface area (Å²) < 4.78 is 5.29. The van der Waals surface area contributed by atoms with E-state index in [1.807, 2.05) is 78.2 Å². The number of rotatable bonds is 9. The van der Waals surface area contributed by atoms with Gasteiger partial charge in [-0.15, -0.1) is 11.3 Å². The van der Waals surface area contributed by atoms with E-state index < -0.39 is 0 Å². The minimum absolute atomic E-state index is 0.0687. The summed E-state index contributed by atoms with van der Waals surface area (Å²) in [6, 6.07) is 27.6. The van der Waals surface area contributed by atoms with Crippen LogP contribution in [0.4, 0.5) is 5.69 Å². The van der Waals surface area contributed by atoms with Crippen molar-refractivity contribution in [3.05, 3.63) is 113 Å². The van der Waals surface area contributed by atoms with Crippen molar-refractivity contribution < 1.29 is 9.53 Å². The van der Waals surface area contributed by atoms with E-state index in [9.17, 15) is 4.79 Å². The Balaban J connectivity index is 1.55. The van der Waals surface area contributed by atoms with Crippen molar-refractivity contribution in [3.63, 3.8) is 0 Å². The van der Waals surface area contributed by atoms with Gasteiger partial charge in [-0.25, -0.2) is 4.98 Å². The van der Waals surface area contributed by atoms with Gasteiger partial charge in [0, 0.05) is 23.8 Å². The lowest BCUT2D eigenvalue weighted by atomic mass is 10.1. The van der Waals surface area contributed by atoms with Gasteiger partial charge in [0.25, 0.3) is 0 Å². The van der Waals surface area contributed by atoms with Crippen molar-refractivity contribution in [2.45, 2.75) is 12.6 Å². The summed E-state index contributed by atoms with van der Waals surface area (Å²) in [5, 5.41) is 5.98. The zero-order chi connectivity index (χ0) is 22.2. The second kappa shape index (κ2) is 10.6. The lowest BCUT2D eigenvalue weighted by molar-refractivity contribution is -0.120. The Bertz CT molecular complexity index is 1100. The minimum Gasteiger partial charge on any atom is -0.497 e. The number of methoxy groups -OCH3 is 1. The molecule has 0 spiro atoms. The molecular weight excluding hydrogens is 418 g/mol. The lowest BCUT2D eigenvalue weighted by Gasteiger charge is -2.26. The molecule has 1 unspecified atom stereocenters. The van der Waals surface area contributed by atoms with Crippen molar-refractivity contribution in [3.8, 4) is 5.75 Å². The number of anilines is 1. The Hall–Kier alpha value is -3.64. The second-order valence-corrected chi connectivity index (χ2v) is 8.25. The van der Waals surface area contributed by atoms with Crippen molar-refractivity contribution in [2.75, 3.05) is 18.6 Å². The highest BCUT2D eigenvalue weighted by molar-refractivity contribution is 7.09. The molecule has 1 atom stereocenters. The van der Waals surface area contributed by atoms with Gasteiger partial charge < -0.3 is 15.0 Å². The highest BCUT2D eigenvalue weighted by Crippen LogP contribution is 2.25. The predicted molar refractivity (Wildman–Crippen MR) is 129 cm³/mol. The van der Waals surface area contributed by atoms with E-state index >= 15 is 0 Å². The molecule has 6 heteroatoms. The first kappa shape index (κ1) is 21.6. The van der Waals surface area contributed by atoms with E-state index in [0.717, 1.165) is 27.6 Å². The van der Waals surface area contributed by atoms with Crippen LogP contribution in [0.3, 0.4) is 0 Å². The standard InChI is InChI=1S/C26H25N3O2S/c1-31-23-14-12-22(13-15-23)29(18-20-8-4-2-5-9-20)19-24(30)28-25(26-27-16-17-32-26)21-10-6-3-7-11-21/h2-17,25H,18-19H2,1H3,(H,28,30). The number of thiazole rings is 1. The third-order valence-corrected chi connectivity index (χ3v) is 5.97. The van der Waals surface area contributed by atoms with E-state index in [1.54, 1.807) is 13.3 Å². The fourth-order valence-corrected chi connectivity index (χ4v) is 4.24. The zero-order valence-corrected chi connectivity index (χ0v) is 18.7. The van der Waals surface area contributed by atoms with Gasteiger partial charge in [-0.1, -0.05) is 60.7 Å². The average molecular weight is 444 g/mol. The molecule has 1 aromatic heterocycles. The molecule has 0 aliphatic carbocycles. The van der Waals surface area contributed by atoms with Crippen molar-refractivity contribution in [1.29, 1.82) is 0 Å². The largest absolute Gasteiger partial charge is 0.497 e. The molecule has 1 heterocycles. The summed E-state index contributed by atoms with van der Waals surface area (Å²) in [7, 11) is 1.65. The van der Waals surface area contributed by atoms with Crippen LogP contribution in [0.2, 0.25) is 0 Å². The van der Waals surface area contributed by atoms with Gasteiger partial charge in [0.05, 0.1) is 13.7 Å². The Kier molecular flexibility index (Phi) is 7.15. The average Bonchev–Trinajstić information content (AvgIpc) is 3.38. The number of nitrogens with zero attached hydrogens (tertiary/aromatic N) is 2. The maximum atomic E-state index is 13.2. The van der Waals surface area contributed by atoms with Gasteiger partial charge in [0.2, 0.25) is 5.91 Å². The van der Waals surface area contributed by atoms with Gasteiger partial charge in [0.1, 0.15) is 16.8 Å². The first-order valence-corrected chi connectivity index (χ1v) is 11.3. The van der Waals surface area contributed by atoms with Crippen LogP contribution in [0, 0.1) is 0 Å². The molecule has 162 valence electrons. The third-order valence-electron chi connectivity index (χ3n) is 5.12. The smallest absolute Gasteiger partial charge is 0.240 e. The molecule has 32 heavy (non-hydrogen) atoms. The van der Waals surface area contributed by atoms with Crippen LogP contribution in [-0.2, 0) is 11.3 Å². The molecule has 3 aromatic carbocycles. The first-order chi connectivity index (χ1) is 15.7. The van der Waals surface area contributed by atoms with Crippen LogP contribution >= 0.6 is 11.3 Å². The Morgan fingerprint density at radius 1 is 1.00 bits per heavy atom. The van der Waals surface area contributed by atoms with Gasteiger partial charge in [0.15, 0.2) is 0 Å². The first-order valence-electron chi connectivity index (χ1n) is 10.4. The number of benzene rings is 3. The lowest BCUT2D eigenvalue weighted by Crippen LogP contribution is -2.39. The Morgan fingerprint density at radius 2 is 1.69 bits per heavy atom. The monoisotopic (exact) mass is 443 g/mol. The molecule has 1 amide bonds. The normalized spacial score (nSPS) is 11.5. The molecule has 0 radical (unpaired) electrons. The van der Waals surface area contributed by atoms with Crippen molar-refractivity contribution in [1.82, 2.24) is 10.3 Å². The topological polar surface area (TPSA) is 54.5 Å². The second-order valence-electron chi connectivity index (χ2n) is 7.32. The SMILES string of the molecule is COc1ccc(N(CC(=O)NC(c2ccccc2)c2nccs2)Cc2ccccc2)cc1. The van der Waals surface area contributed by atoms with Crippen LogP contribution in [0.25, 0.3) is 0 Å². The Morgan fingerprint density at radius 3 is 2.31 bits per heavy atom. The van der Waals surface area contributed by atoms with Crippen molar-refractivity contribution >= 4 is 22.9 Å². The summed E-state index contributed by atoms with van der Waals surface area (Å²) in [6.07, 6.45) is 1.77. The molecule has 0 saturated heterocycles. The molecule has 0 fully saturated rings. The predicted octanol–water partition coefficient (Wildman–Crippen LogP) is 5.06. The van der Waals surface area contributed by atoms with E-state index in [2.05, 4.69) is 27.3 Å². The number of carbonyl (C=O) groups excluding carboxylic acids is 1. The molecule has 0 aliphatic rings. The summed E-state index contributed by atoms with van der Waals surface area (Å²) in [5.74, 6) is 0.714. The summed E-state index contributed by atoms with van der Waals surface area (Å²) >= 11 is 1.54. The van der Waals surface area contributed by atoms with Crippen LogP contribution < -0.4 is 15.0 Å². The minimum atomic E-state index is -0.279. The number of carbonyl (C=O) groups is 1. The maximum Gasteiger partial charge on any atom is 0.240 e. The molecule has 4 rings (SSSR count). The number of amides is 1. The highest BCUT2D eigenvalue weighted by Gasteiger charge is 2.21. The molecule has 5 nitrogen and oxygen atoms in total. The van der Waals surface area contributed by atoms with Crippen LogP contribution in [0.15, 0.2) is 96.5 Å². The number of hydrogen-bond acceptors (Lipinski definition) is 5. The molecule has 0 saturated carbocycles. The molecular formula is C26H25N3O2S. The number of ether oxygens (including phenoxy) is 1. The zero-order valence-electron chi connectivity index (χ0n) is 17.8. The van der Waals surface area contributed by atoms with Gasteiger partial charge in [-0.3, -0.25) is 4.79 Å². The van der Waals surface area contributed by atoms with Crippen LogP contribution in [0.5, 0.6) is 5.75 Å². The Labute approximate surface area is 192 Å². The molecule has 0 aliphatic heterocycles. The fourth-order valence-electron chi connectivity index (χ4n) is 3.53. The number of aromatic nitrogens is 1. The van der Waals surface area contributed by atoms with Gasteiger partial charge in [-0.2, -0.15) is 0 Å². The van der Waals surface area contributed by atoms with Crippen molar-refractivity contribution in [2.24, 2.45) is 0 Å². The van der Waals surface area contributed by atoms with E-state index in [0.29, 0.717) is 6.54 Å². The molecule has 0 bridgehead atoms. The van der Waals surface area contributed by atoms with E-state index in [4.69, 9.17) is 4.74 Å². The molecule has 4 aromatic rings. The molecule has 1 N–H and O–H groups in total. The van der Waals surface area contributed by atoms with Gasteiger partial charge in [-0.05, 0) is 35.4 Å². The number of nitrogens with one attached hydrogen (secondary N) is 1. The van der Waals surface area contributed by atoms with Crippen LogP contribution in [0.1, 0.15) is 22.2 Å². The summed E-state index contributed by atoms with van der Waals surface area (Å²) in [4.78, 5) is 19.7. The third kappa shape index (κ3) is 5.53. The summed E-state index contributed by atoms with van der Waals surface area (Å²) in [6.45, 7) is 0.837. The highest BCUT2D eigenvalue weighted by atomic mass is 32.1. The van der Waals surface area contributed by atoms with E-state index in [-0.39, 0.29) is 18.5 Å². The fraction of sp³-hybridized carbons (Fsp3) is 0.154. The summed E-state index contributed by atoms with van der Waals surface area (Å²) in [5.41, 5.74) is 3.10.